The summed E-state index contributed by atoms with van der Waals surface area (Å²) in [4.78, 5) is 0. The minimum Gasteiger partial charge on any atom is -0.387 e. The Labute approximate surface area is 157 Å². The monoisotopic (exact) mass is 512 g/mol. The highest BCUT2D eigenvalue weighted by Gasteiger charge is 2.95. The van der Waals surface area contributed by atoms with Crippen LogP contribution in [0.3, 0.4) is 0 Å². The van der Waals surface area contributed by atoms with Crippen molar-refractivity contribution in [3.05, 3.63) is 0 Å². The molecule has 0 saturated carbocycles. The first-order valence-electron chi connectivity index (χ1n) is 6.79. The lowest BCUT2D eigenvalue weighted by molar-refractivity contribution is -0.462. The Kier molecular flexibility index (Phi) is 7.29. The highest BCUT2D eigenvalue weighted by Crippen LogP contribution is 2.64. The minimum absolute atomic E-state index is 3.45. The molecule has 0 aromatic carbocycles. The van der Waals surface area contributed by atoms with Crippen LogP contribution in [0.15, 0.2) is 0 Å². The molecule has 0 aromatic heterocycles. The maximum absolute atomic E-state index is 13.3. The van der Waals surface area contributed by atoms with Gasteiger partial charge < -0.3 is 10.2 Å². The van der Waals surface area contributed by atoms with E-state index in [2.05, 4.69) is 0 Å². The van der Waals surface area contributed by atoms with Crippen molar-refractivity contribution in [3.63, 3.8) is 0 Å². The fourth-order valence-electron chi connectivity index (χ4n) is 1.68. The zero-order valence-electron chi connectivity index (χ0n) is 13.6. The van der Waals surface area contributed by atoms with Crippen LogP contribution in [0.25, 0.3) is 0 Å². The van der Waals surface area contributed by atoms with Crippen molar-refractivity contribution in [2.75, 3.05) is 0 Å². The molecule has 2 atom stereocenters. The largest absolute Gasteiger partial charge is 0.460 e. The van der Waals surface area contributed by atoms with Gasteiger partial charge in [0.2, 0.25) is 6.36 Å². The maximum atomic E-state index is 13.3. The fourth-order valence-corrected chi connectivity index (χ4v) is 1.68. The normalized spacial score (nSPS) is 18.2. The van der Waals surface area contributed by atoms with Gasteiger partial charge in [-0.15, -0.1) is 0 Å². The van der Waals surface area contributed by atoms with Gasteiger partial charge in [0.25, 0.3) is 0 Å². The van der Waals surface area contributed by atoms with Crippen molar-refractivity contribution in [3.8, 4) is 0 Å². The Morgan fingerprint density at radius 2 is 0.710 bits per heavy atom. The van der Waals surface area contributed by atoms with Gasteiger partial charge in [0.05, 0.1) is 0 Å². The molecule has 2 nitrogen and oxygen atoms in total. The van der Waals surface area contributed by atoms with E-state index >= 15 is 0 Å². The summed E-state index contributed by atoms with van der Waals surface area (Å²) in [6.07, 6.45) is -19.0. The number of aliphatic hydroxyl groups is 2. The van der Waals surface area contributed by atoms with E-state index in [0.717, 1.165) is 0 Å². The Morgan fingerprint density at radius 3 is 0.968 bits per heavy atom. The summed E-state index contributed by atoms with van der Waals surface area (Å²) in [5, 5.41) is 16.4. The van der Waals surface area contributed by atoms with Crippen LogP contribution in [-0.4, -0.2) is 70.3 Å². The highest BCUT2D eigenvalue weighted by molar-refractivity contribution is 5.15. The Bertz CT molecular complexity index is 635. The molecule has 0 fully saturated rings. The summed E-state index contributed by atoms with van der Waals surface area (Å²) in [5.41, 5.74) is 0. The third-order valence-corrected chi connectivity index (χ3v) is 3.57. The lowest BCUT2D eigenvalue weighted by Gasteiger charge is -2.43. The molecule has 0 rings (SSSR count). The number of aliphatic hydroxyl groups excluding tert-OH is 2. The maximum Gasteiger partial charge on any atom is 0.460 e. The van der Waals surface area contributed by atoms with Crippen LogP contribution in [-0.2, 0) is 0 Å². The number of rotatable bonds is 9. The van der Waals surface area contributed by atoms with E-state index in [-0.39, 0.29) is 0 Å². The zero-order valence-corrected chi connectivity index (χ0v) is 13.6. The van der Waals surface area contributed by atoms with Crippen LogP contribution in [0.4, 0.5) is 79.0 Å². The van der Waals surface area contributed by atoms with Crippen LogP contribution in [0.5, 0.6) is 0 Å². The second-order valence-electron chi connectivity index (χ2n) is 5.79. The molecule has 0 aliphatic rings. The van der Waals surface area contributed by atoms with Crippen LogP contribution in [0.2, 0.25) is 0 Å². The molecule has 0 heterocycles. The summed E-state index contributed by atoms with van der Waals surface area (Å²) in [6, 6.07) is 0. The molecule has 31 heavy (non-hydrogen) atoms. The van der Waals surface area contributed by atoms with Gasteiger partial charge in [-0.25, -0.2) is 4.39 Å². The van der Waals surface area contributed by atoms with E-state index in [0.29, 0.717) is 0 Å². The van der Waals surface area contributed by atoms with E-state index in [1.54, 1.807) is 0 Å². The van der Waals surface area contributed by atoms with Crippen LogP contribution in [0, 0.1) is 0 Å². The van der Waals surface area contributed by atoms with Gasteiger partial charge in [-0.1, -0.05) is 0 Å². The first kappa shape index (κ1) is 29.7. The van der Waals surface area contributed by atoms with E-state index in [1.165, 1.54) is 0 Å². The molecular weight excluding hydrogens is 506 g/mol. The number of alkyl halides is 18. The number of halogens is 18. The van der Waals surface area contributed by atoms with Crippen molar-refractivity contribution in [1.29, 1.82) is 0 Å². The van der Waals surface area contributed by atoms with E-state index in [9.17, 15) is 79.0 Å². The third-order valence-electron chi connectivity index (χ3n) is 3.57. The quantitative estimate of drug-likeness (QED) is 0.426. The third kappa shape index (κ3) is 4.08. The molecule has 0 bridgehead atoms. The molecule has 2 unspecified atom stereocenters. The van der Waals surface area contributed by atoms with Gasteiger partial charge in [-0.3, -0.25) is 0 Å². The lowest BCUT2D eigenvalue weighted by atomic mass is 9.87. The first-order valence-corrected chi connectivity index (χ1v) is 6.79. The van der Waals surface area contributed by atoms with E-state index in [1.807, 2.05) is 0 Å². The van der Waals surface area contributed by atoms with Crippen LogP contribution in [0.1, 0.15) is 6.42 Å². The topological polar surface area (TPSA) is 40.5 Å². The molecule has 0 spiro atoms. The second kappa shape index (κ2) is 7.62. The van der Waals surface area contributed by atoms with Gasteiger partial charge in [0.1, 0.15) is 6.10 Å². The average molecular weight is 512 g/mol. The molecular formula is C11H6F18O2. The predicted molar refractivity (Wildman–Crippen MR) is 58.4 cm³/mol. The average Bonchev–Trinajstić information content (AvgIpc) is 2.51. The van der Waals surface area contributed by atoms with Crippen LogP contribution < -0.4 is 0 Å². The smallest absolute Gasteiger partial charge is 0.387 e. The first-order chi connectivity index (χ1) is 13.1. The molecule has 20 heteroatoms. The minimum atomic E-state index is -8.76. The van der Waals surface area contributed by atoms with Crippen LogP contribution >= 0.6 is 0 Å². The lowest BCUT2D eigenvalue weighted by Crippen LogP contribution is -2.74. The fraction of sp³-hybridized carbons (Fsp3) is 1.00. The van der Waals surface area contributed by atoms with E-state index in [4.69, 9.17) is 10.2 Å². The van der Waals surface area contributed by atoms with Crippen molar-refractivity contribution in [2.45, 2.75) is 66.5 Å². The van der Waals surface area contributed by atoms with Gasteiger partial charge in [-0.05, 0) is 0 Å². The highest BCUT2D eigenvalue weighted by atomic mass is 19.4. The van der Waals surface area contributed by atoms with Gasteiger partial charge >= 0.3 is 47.6 Å². The van der Waals surface area contributed by atoms with Gasteiger partial charge in [0, 0.05) is 6.42 Å². The molecule has 0 radical (unpaired) electrons. The van der Waals surface area contributed by atoms with Crippen molar-refractivity contribution >= 4 is 0 Å². The molecule has 188 valence electrons. The van der Waals surface area contributed by atoms with Gasteiger partial charge in [0.15, 0.2) is 0 Å². The van der Waals surface area contributed by atoms with Crippen molar-refractivity contribution < 1.29 is 89.2 Å². The molecule has 0 saturated heterocycles. The molecule has 0 aromatic rings. The summed E-state index contributed by atoms with van der Waals surface area (Å²) in [6.45, 7) is 0. The summed E-state index contributed by atoms with van der Waals surface area (Å²) in [5.74, 6) is -57.9. The summed E-state index contributed by atoms with van der Waals surface area (Å²) < 4.78 is 231. The van der Waals surface area contributed by atoms with Crippen molar-refractivity contribution in [2.24, 2.45) is 0 Å². The second-order valence-corrected chi connectivity index (χ2v) is 5.79. The number of hydrogen-bond donors (Lipinski definition) is 2. The SMILES string of the molecule is OC(F)C(O)CC(F)(F)C(F)(F)C(F)(F)C(F)(F)C(F)(F)C(F)(F)C(F)(F)C(F)(F)F. The molecule has 2 N–H and O–H groups in total. The van der Waals surface area contributed by atoms with E-state index < -0.39 is 66.5 Å². The zero-order chi connectivity index (χ0) is 25.9. The molecule has 0 amide bonds. The summed E-state index contributed by atoms with van der Waals surface area (Å²) in [7, 11) is 0. The molecule has 0 aliphatic heterocycles. The number of hydrogen-bond acceptors (Lipinski definition) is 2. The Morgan fingerprint density at radius 1 is 0.452 bits per heavy atom. The standard InChI is InChI=1S/C11H6F18O2/c12-3(31)2(30)1-4(13,14)5(15,16)6(17,18)7(19,20)8(21,22)9(23,24)10(25,26)11(27,28)29/h2-3,30-31H,1H2. The van der Waals surface area contributed by atoms with Crippen molar-refractivity contribution in [1.82, 2.24) is 0 Å². The predicted octanol–water partition coefficient (Wildman–Crippen LogP) is 5.03. The molecule has 0 aliphatic carbocycles. The Hall–Kier alpha value is -1.34. The summed E-state index contributed by atoms with van der Waals surface area (Å²) >= 11 is 0. The van der Waals surface area contributed by atoms with Gasteiger partial charge in [-0.2, -0.15) is 74.6 Å². The Balaban J connectivity index is 6.63.